The van der Waals surface area contributed by atoms with Crippen LogP contribution < -0.4 is 15.0 Å². The van der Waals surface area contributed by atoms with Crippen LogP contribution in [0.1, 0.15) is 16.7 Å². The van der Waals surface area contributed by atoms with Crippen molar-refractivity contribution in [2.75, 3.05) is 43.6 Å². The van der Waals surface area contributed by atoms with Crippen molar-refractivity contribution < 1.29 is 27.4 Å². The third-order valence-corrected chi connectivity index (χ3v) is 4.74. The van der Waals surface area contributed by atoms with Crippen LogP contribution in [0.5, 0.6) is 5.75 Å². The monoisotopic (exact) mass is 408 g/mol. The maximum Gasteiger partial charge on any atom is 0.416 e. The van der Waals surface area contributed by atoms with Gasteiger partial charge in [0.15, 0.2) is 0 Å². The Morgan fingerprint density at radius 1 is 1.17 bits per heavy atom. The summed E-state index contributed by atoms with van der Waals surface area (Å²) >= 11 is 0. The Bertz CT molecular complexity index is 878. The lowest BCUT2D eigenvalue weighted by Gasteiger charge is -2.31. The van der Waals surface area contributed by atoms with Gasteiger partial charge in [0, 0.05) is 18.7 Å². The number of amides is 1. The van der Waals surface area contributed by atoms with Crippen LogP contribution in [0, 0.1) is 6.92 Å². The summed E-state index contributed by atoms with van der Waals surface area (Å²) < 4.78 is 50.2. The predicted octanol–water partition coefficient (Wildman–Crippen LogP) is 4.04. The second-order valence-corrected chi connectivity index (χ2v) is 6.87. The number of nitrogens with one attached hydrogen (secondary N) is 1. The van der Waals surface area contributed by atoms with Crippen molar-refractivity contribution in [2.24, 2.45) is 0 Å². The molecule has 0 atom stereocenters. The SMILES string of the molecule is COc1ccc(C)cc1CC(=O)Nc1cc(C(F)(F)F)ccc1N1CCOCC1. The molecule has 0 unspecified atom stereocenters. The molecule has 0 aromatic heterocycles. The third-order valence-electron chi connectivity index (χ3n) is 4.74. The summed E-state index contributed by atoms with van der Waals surface area (Å²) in [5.41, 5.74) is 1.51. The molecule has 1 N–H and O–H groups in total. The van der Waals surface area contributed by atoms with Gasteiger partial charge in [-0.1, -0.05) is 17.7 Å². The van der Waals surface area contributed by atoms with Gasteiger partial charge in [-0.25, -0.2) is 0 Å². The van der Waals surface area contributed by atoms with Crippen molar-refractivity contribution in [1.82, 2.24) is 0 Å². The van der Waals surface area contributed by atoms with E-state index in [-0.39, 0.29) is 12.1 Å². The fraction of sp³-hybridized carbons (Fsp3) is 0.381. The third kappa shape index (κ3) is 5.20. The zero-order chi connectivity index (χ0) is 21.0. The van der Waals surface area contributed by atoms with E-state index in [0.717, 1.165) is 17.7 Å². The number of benzene rings is 2. The van der Waals surface area contributed by atoms with E-state index in [9.17, 15) is 18.0 Å². The minimum absolute atomic E-state index is 0.0103. The largest absolute Gasteiger partial charge is 0.496 e. The molecule has 1 saturated heterocycles. The number of morpholine rings is 1. The average Bonchev–Trinajstić information content (AvgIpc) is 2.68. The number of rotatable bonds is 5. The van der Waals surface area contributed by atoms with Crippen molar-refractivity contribution >= 4 is 17.3 Å². The lowest BCUT2D eigenvalue weighted by molar-refractivity contribution is -0.137. The normalized spacial score (nSPS) is 14.6. The first-order chi connectivity index (χ1) is 13.8. The molecule has 5 nitrogen and oxygen atoms in total. The summed E-state index contributed by atoms with van der Waals surface area (Å²) in [4.78, 5) is 14.6. The van der Waals surface area contributed by atoms with Crippen LogP contribution in [-0.2, 0) is 22.1 Å². The second-order valence-electron chi connectivity index (χ2n) is 6.87. The predicted molar refractivity (Wildman–Crippen MR) is 105 cm³/mol. The molecule has 1 aliphatic heterocycles. The number of halogens is 3. The van der Waals surface area contributed by atoms with Crippen molar-refractivity contribution in [3.63, 3.8) is 0 Å². The fourth-order valence-electron chi connectivity index (χ4n) is 3.31. The van der Waals surface area contributed by atoms with Crippen LogP contribution >= 0.6 is 0 Å². The van der Waals surface area contributed by atoms with Crippen LogP contribution in [0.25, 0.3) is 0 Å². The molecule has 8 heteroatoms. The molecule has 1 heterocycles. The molecule has 29 heavy (non-hydrogen) atoms. The van der Waals surface area contributed by atoms with Gasteiger partial charge in [0.25, 0.3) is 0 Å². The molecule has 0 aliphatic carbocycles. The summed E-state index contributed by atoms with van der Waals surface area (Å²) in [6, 6.07) is 8.87. The van der Waals surface area contributed by atoms with E-state index in [2.05, 4.69) is 5.32 Å². The number of carbonyl (C=O) groups is 1. The number of methoxy groups -OCH3 is 1. The Kier molecular flexibility index (Phi) is 6.32. The minimum atomic E-state index is -4.50. The summed E-state index contributed by atoms with van der Waals surface area (Å²) in [5, 5.41) is 2.66. The zero-order valence-corrected chi connectivity index (χ0v) is 16.3. The number of anilines is 2. The number of nitrogens with zero attached hydrogens (tertiary/aromatic N) is 1. The number of alkyl halides is 3. The quantitative estimate of drug-likeness (QED) is 0.811. The van der Waals surface area contributed by atoms with Crippen molar-refractivity contribution in [1.29, 1.82) is 0 Å². The van der Waals surface area contributed by atoms with Gasteiger partial charge in [0.2, 0.25) is 5.91 Å². The molecule has 156 valence electrons. The molecule has 2 aromatic carbocycles. The highest BCUT2D eigenvalue weighted by Gasteiger charge is 2.32. The van der Waals surface area contributed by atoms with Gasteiger partial charge in [0.05, 0.1) is 43.7 Å². The van der Waals surface area contributed by atoms with E-state index in [1.807, 2.05) is 24.0 Å². The standard InChI is InChI=1S/C21H23F3N2O3/c1-14-3-6-19(28-2)15(11-14)12-20(27)25-17-13-16(21(22,23)24)4-5-18(17)26-7-9-29-10-8-26/h3-6,11,13H,7-10,12H2,1-2H3,(H,25,27). The molecule has 0 saturated carbocycles. The molecule has 3 rings (SSSR count). The van der Waals surface area contributed by atoms with Crippen molar-refractivity contribution in [2.45, 2.75) is 19.5 Å². The average molecular weight is 408 g/mol. The van der Waals surface area contributed by atoms with E-state index in [1.165, 1.54) is 13.2 Å². The van der Waals surface area contributed by atoms with Gasteiger partial charge in [-0.2, -0.15) is 13.2 Å². The minimum Gasteiger partial charge on any atom is -0.496 e. The first kappa shape index (κ1) is 21.0. The van der Waals surface area contributed by atoms with E-state index >= 15 is 0 Å². The number of hydrogen-bond acceptors (Lipinski definition) is 4. The topological polar surface area (TPSA) is 50.8 Å². The lowest BCUT2D eigenvalue weighted by Crippen LogP contribution is -2.37. The molecule has 1 aliphatic rings. The van der Waals surface area contributed by atoms with Gasteiger partial charge >= 0.3 is 6.18 Å². The Morgan fingerprint density at radius 3 is 2.55 bits per heavy atom. The van der Waals surface area contributed by atoms with E-state index < -0.39 is 17.6 Å². The van der Waals surface area contributed by atoms with Crippen LogP contribution in [0.15, 0.2) is 36.4 Å². The maximum absolute atomic E-state index is 13.2. The molecule has 1 fully saturated rings. The Hall–Kier alpha value is -2.74. The van der Waals surface area contributed by atoms with Gasteiger partial charge in [-0.15, -0.1) is 0 Å². The fourth-order valence-corrected chi connectivity index (χ4v) is 3.31. The van der Waals surface area contributed by atoms with Gasteiger partial charge in [-0.05, 0) is 31.2 Å². The Morgan fingerprint density at radius 2 is 1.90 bits per heavy atom. The number of hydrogen-bond donors (Lipinski definition) is 1. The number of aryl methyl sites for hydroxylation is 1. The highest BCUT2D eigenvalue weighted by atomic mass is 19.4. The molecule has 1 amide bonds. The summed E-state index contributed by atoms with van der Waals surface area (Å²) in [5.74, 6) is 0.144. The van der Waals surface area contributed by atoms with Crippen LogP contribution in [0.4, 0.5) is 24.5 Å². The van der Waals surface area contributed by atoms with E-state index in [4.69, 9.17) is 9.47 Å². The summed E-state index contributed by atoms with van der Waals surface area (Å²) in [6.45, 7) is 3.94. The molecular weight excluding hydrogens is 385 g/mol. The van der Waals surface area contributed by atoms with E-state index in [0.29, 0.717) is 43.3 Å². The lowest BCUT2D eigenvalue weighted by atomic mass is 10.1. The Balaban J connectivity index is 1.87. The molecule has 0 spiro atoms. The smallest absolute Gasteiger partial charge is 0.416 e. The van der Waals surface area contributed by atoms with E-state index in [1.54, 1.807) is 6.07 Å². The highest BCUT2D eigenvalue weighted by molar-refractivity contribution is 5.96. The summed E-state index contributed by atoms with van der Waals surface area (Å²) in [6.07, 6.45) is -4.51. The van der Waals surface area contributed by atoms with Crippen LogP contribution in [0.2, 0.25) is 0 Å². The molecule has 2 aromatic rings. The maximum atomic E-state index is 13.2. The molecule has 0 bridgehead atoms. The summed E-state index contributed by atoms with van der Waals surface area (Å²) in [7, 11) is 1.51. The first-order valence-electron chi connectivity index (χ1n) is 9.25. The zero-order valence-electron chi connectivity index (χ0n) is 16.3. The first-order valence-corrected chi connectivity index (χ1v) is 9.25. The highest BCUT2D eigenvalue weighted by Crippen LogP contribution is 2.36. The molecular formula is C21H23F3N2O3. The second kappa shape index (κ2) is 8.73. The number of ether oxygens (including phenoxy) is 2. The molecule has 0 radical (unpaired) electrons. The van der Waals surface area contributed by atoms with Crippen molar-refractivity contribution in [3.05, 3.63) is 53.1 Å². The van der Waals surface area contributed by atoms with Gasteiger partial charge in [-0.3, -0.25) is 4.79 Å². The van der Waals surface area contributed by atoms with Gasteiger partial charge < -0.3 is 19.7 Å². The van der Waals surface area contributed by atoms with Crippen LogP contribution in [-0.4, -0.2) is 39.3 Å². The van der Waals surface area contributed by atoms with Gasteiger partial charge in [0.1, 0.15) is 5.75 Å². The van der Waals surface area contributed by atoms with Crippen molar-refractivity contribution in [3.8, 4) is 5.75 Å². The Labute approximate surface area is 167 Å². The number of carbonyl (C=O) groups excluding carboxylic acids is 1. The van der Waals surface area contributed by atoms with Crippen LogP contribution in [0.3, 0.4) is 0 Å².